The minimum Gasteiger partial charge on any atom is -0.341 e. The number of nitriles is 1. The third-order valence-electron chi connectivity index (χ3n) is 4.50. The Morgan fingerprint density at radius 2 is 1.96 bits per heavy atom. The predicted molar refractivity (Wildman–Crippen MR) is 113 cm³/mol. The number of aromatic amines is 1. The van der Waals surface area contributed by atoms with Gasteiger partial charge in [-0.1, -0.05) is 30.7 Å². The molecule has 4 aromatic rings. The van der Waals surface area contributed by atoms with Crippen LogP contribution in [0.2, 0.25) is 5.02 Å². The van der Waals surface area contributed by atoms with E-state index in [0.717, 1.165) is 44.7 Å². The molecule has 0 saturated heterocycles. The normalized spacial score (nSPS) is 10.8. The van der Waals surface area contributed by atoms with Gasteiger partial charge < -0.3 is 4.98 Å². The van der Waals surface area contributed by atoms with Crippen molar-refractivity contribution in [2.24, 2.45) is 0 Å². The number of halogens is 1. The maximum Gasteiger partial charge on any atom is 0.147 e. The maximum atomic E-state index is 9.16. The average Bonchev–Trinajstić information content (AvgIpc) is 3.36. The number of thiophene rings is 1. The first kappa shape index (κ1) is 18.4. The highest BCUT2D eigenvalue weighted by Crippen LogP contribution is 2.38. The van der Waals surface area contributed by atoms with Crippen LogP contribution >= 0.6 is 22.9 Å². The predicted octanol–water partition coefficient (Wildman–Crippen LogP) is 5.88. The average molecular weight is 405 g/mol. The Hall–Kier alpha value is -2.94. The molecule has 0 radical (unpaired) electrons. The lowest BCUT2D eigenvalue weighted by Crippen LogP contribution is -1.89. The molecular weight excluding hydrogens is 388 g/mol. The lowest BCUT2D eigenvalue weighted by Gasteiger charge is -2.03. The first-order valence-electron chi connectivity index (χ1n) is 8.94. The van der Waals surface area contributed by atoms with Gasteiger partial charge in [0.25, 0.3) is 0 Å². The van der Waals surface area contributed by atoms with E-state index in [1.807, 2.05) is 42.6 Å². The van der Waals surface area contributed by atoms with E-state index in [2.05, 4.69) is 34.0 Å². The molecule has 0 spiro atoms. The molecule has 0 bridgehead atoms. The summed E-state index contributed by atoms with van der Waals surface area (Å²) < 4.78 is 0. The van der Waals surface area contributed by atoms with Crippen molar-refractivity contribution in [3.8, 4) is 27.2 Å². The summed E-state index contributed by atoms with van der Waals surface area (Å²) in [6.07, 6.45) is 5.25. The Kier molecular flexibility index (Phi) is 5.25. The van der Waals surface area contributed by atoms with Crippen LogP contribution in [0.1, 0.15) is 29.4 Å². The van der Waals surface area contributed by atoms with Crippen LogP contribution in [-0.4, -0.2) is 15.0 Å². The van der Waals surface area contributed by atoms with E-state index in [4.69, 9.17) is 16.9 Å². The lowest BCUT2D eigenvalue weighted by atomic mass is 10.0. The molecule has 6 heteroatoms. The van der Waals surface area contributed by atoms with E-state index >= 15 is 0 Å². The largest absolute Gasteiger partial charge is 0.341 e. The first-order chi connectivity index (χ1) is 13.7. The van der Waals surface area contributed by atoms with Gasteiger partial charge in [0, 0.05) is 28.0 Å². The molecule has 138 valence electrons. The fourth-order valence-corrected chi connectivity index (χ4v) is 4.28. The summed E-state index contributed by atoms with van der Waals surface area (Å²) >= 11 is 7.70. The van der Waals surface area contributed by atoms with Crippen LogP contribution < -0.4 is 0 Å². The van der Waals surface area contributed by atoms with Crippen LogP contribution in [0.25, 0.3) is 21.1 Å². The Morgan fingerprint density at radius 3 is 2.68 bits per heavy atom. The summed E-state index contributed by atoms with van der Waals surface area (Å²) in [5, 5.41) is 9.89. The van der Waals surface area contributed by atoms with Gasteiger partial charge >= 0.3 is 0 Å². The van der Waals surface area contributed by atoms with Crippen molar-refractivity contribution in [2.75, 3.05) is 0 Å². The van der Waals surface area contributed by atoms with E-state index in [1.165, 1.54) is 11.1 Å². The number of nitrogens with one attached hydrogen (secondary N) is 1. The van der Waals surface area contributed by atoms with Crippen LogP contribution in [0.3, 0.4) is 0 Å². The highest BCUT2D eigenvalue weighted by molar-refractivity contribution is 7.19. The van der Waals surface area contributed by atoms with Crippen molar-refractivity contribution >= 4 is 22.9 Å². The zero-order chi connectivity index (χ0) is 19.5. The topological polar surface area (TPSA) is 65.4 Å². The zero-order valence-electron chi connectivity index (χ0n) is 15.2. The fourth-order valence-electron chi connectivity index (χ4n) is 3.02. The number of rotatable bonds is 5. The molecule has 3 heterocycles. The quantitative estimate of drug-likeness (QED) is 0.451. The molecule has 4 nitrogen and oxygen atoms in total. The Bertz CT molecular complexity index is 1150. The van der Waals surface area contributed by atoms with Gasteiger partial charge in [-0.05, 0) is 59.9 Å². The zero-order valence-corrected chi connectivity index (χ0v) is 16.8. The van der Waals surface area contributed by atoms with Gasteiger partial charge in [-0.15, -0.1) is 11.3 Å². The maximum absolute atomic E-state index is 9.16. The second-order valence-corrected chi connectivity index (χ2v) is 7.91. The Morgan fingerprint density at radius 1 is 1.14 bits per heavy atom. The minimum absolute atomic E-state index is 0.415. The number of aryl methyl sites for hydroxylation is 1. The van der Waals surface area contributed by atoms with Gasteiger partial charge in [0.2, 0.25) is 0 Å². The van der Waals surface area contributed by atoms with Crippen LogP contribution in [0.5, 0.6) is 0 Å². The van der Waals surface area contributed by atoms with Crippen LogP contribution in [-0.2, 0) is 12.8 Å². The molecular formula is C22H17ClN4S. The molecule has 1 N–H and O–H groups in total. The van der Waals surface area contributed by atoms with Gasteiger partial charge in [-0.2, -0.15) is 5.26 Å². The van der Waals surface area contributed by atoms with E-state index in [9.17, 15) is 0 Å². The number of aromatic nitrogens is 3. The number of imidazole rings is 1. The van der Waals surface area contributed by atoms with E-state index < -0.39 is 0 Å². The highest BCUT2D eigenvalue weighted by atomic mass is 35.5. The lowest BCUT2D eigenvalue weighted by molar-refractivity contribution is 1.06. The monoisotopic (exact) mass is 404 g/mol. The van der Waals surface area contributed by atoms with Crippen LogP contribution in [0, 0.1) is 11.3 Å². The number of benzene rings is 1. The van der Waals surface area contributed by atoms with Crippen molar-refractivity contribution in [1.29, 1.82) is 5.26 Å². The SMILES string of the molecule is CCc1cnc(-c2sc(-c3ccnc(C#N)c3)cc2Cc2ccc(Cl)cc2)[nH]1. The van der Waals surface area contributed by atoms with Gasteiger partial charge in [0.15, 0.2) is 0 Å². The third kappa shape index (κ3) is 3.84. The second kappa shape index (κ2) is 7.97. The van der Waals surface area contributed by atoms with Crippen molar-refractivity contribution in [3.63, 3.8) is 0 Å². The molecule has 0 aliphatic carbocycles. The molecule has 4 rings (SSSR count). The highest BCUT2D eigenvalue weighted by Gasteiger charge is 2.16. The fraction of sp³-hybridized carbons (Fsp3) is 0.136. The summed E-state index contributed by atoms with van der Waals surface area (Å²) in [5.74, 6) is 0.881. The molecule has 0 saturated carbocycles. The second-order valence-electron chi connectivity index (χ2n) is 6.42. The molecule has 0 unspecified atom stereocenters. The Labute approximate surface area is 172 Å². The third-order valence-corrected chi connectivity index (χ3v) is 5.99. The summed E-state index contributed by atoms with van der Waals surface area (Å²) in [5.41, 5.74) is 4.89. The number of hydrogen-bond donors (Lipinski definition) is 1. The molecule has 0 aliphatic rings. The Balaban J connectivity index is 1.78. The van der Waals surface area contributed by atoms with Crippen molar-refractivity contribution in [1.82, 2.24) is 15.0 Å². The van der Waals surface area contributed by atoms with E-state index in [1.54, 1.807) is 17.5 Å². The number of nitrogens with zero attached hydrogens (tertiary/aromatic N) is 3. The smallest absolute Gasteiger partial charge is 0.147 e. The molecule has 0 amide bonds. The van der Waals surface area contributed by atoms with E-state index in [0.29, 0.717) is 5.69 Å². The van der Waals surface area contributed by atoms with Crippen LogP contribution in [0.4, 0.5) is 0 Å². The molecule has 0 atom stereocenters. The summed E-state index contributed by atoms with van der Waals surface area (Å²) in [7, 11) is 0. The first-order valence-corrected chi connectivity index (χ1v) is 10.1. The van der Waals surface area contributed by atoms with Gasteiger partial charge in [0.05, 0.1) is 4.88 Å². The standard InChI is InChI=1S/C22H17ClN4S/c1-2-18-13-26-22(27-18)21-16(9-14-3-5-17(23)6-4-14)11-20(28-21)15-7-8-25-19(10-15)12-24/h3-8,10-11,13H,2,9H2,1H3,(H,26,27). The summed E-state index contributed by atoms with van der Waals surface area (Å²) in [4.78, 5) is 14.3. The molecule has 3 aromatic heterocycles. The molecule has 1 aromatic carbocycles. The van der Waals surface area contributed by atoms with Gasteiger partial charge in [-0.25, -0.2) is 9.97 Å². The van der Waals surface area contributed by atoms with Crippen molar-refractivity contribution < 1.29 is 0 Å². The number of pyridine rings is 1. The molecule has 0 fully saturated rings. The van der Waals surface area contributed by atoms with Crippen molar-refractivity contribution in [2.45, 2.75) is 19.8 Å². The van der Waals surface area contributed by atoms with E-state index in [-0.39, 0.29) is 0 Å². The molecule has 0 aliphatic heterocycles. The number of hydrogen-bond acceptors (Lipinski definition) is 4. The minimum atomic E-state index is 0.415. The number of H-pyrrole nitrogens is 1. The van der Waals surface area contributed by atoms with Gasteiger partial charge in [0.1, 0.15) is 17.6 Å². The van der Waals surface area contributed by atoms with Crippen LogP contribution in [0.15, 0.2) is 54.9 Å². The summed E-state index contributed by atoms with van der Waals surface area (Å²) in [6.45, 7) is 2.10. The summed E-state index contributed by atoms with van der Waals surface area (Å²) in [6, 6.07) is 16.0. The van der Waals surface area contributed by atoms with Crippen molar-refractivity contribution in [3.05, 3.63) is 82.4 Å². The molecule has 28 heavy (non-hydrogen) atoms. The van der Waals surface area contributed by atoms with Gasteiger partial charge in [-0.3, -0.25) is 0 Å².